The largest absolute Gasteiger partial charge is 0.433 e. The van der Waals surface area contributed by atoms with E-state index in [0.29, 0.717) is 5.56 Å². The van der Waals surface area contributed by atoms with Crippen molar-refractivity contribution in [3.05, 3.63) is 29.6 Å². The van der Waals surface area contributed by atoms with Gasteiger partial charge in [0.05, 0.1) is 0 Å². The van der Waals surface area contributed by atoms with Crippen molar-refractivity contribution in [3.63, 3.8) is 0 Å². The van der Waals surface area contributed by atoms with Crippen molar-refractivity contribution in [2.45, 2.75) is 25.6 Å². The molecule has 0 spiro atoms. The number of hydrogen-bond donors (Lipinski definition) is 1. The summed E-state index contributed by atoms with van der Waals surface area (Å²) in [6, 6.07) is 2.28. The molecule has 0 saturated heterocycles. The van der Waals surface area contributed by atoms with E-state index in [1.165, 1.54) is 6.07 Å². The van der Waals surface area contributed by atoms with Crippen molar-refractivity contribution in [2.75, 3.05) is 0 Å². The lowest BCUT2D eigenvalue weighted by Crippen LogP contribution is -2.29. The molecule has 86 valence electrons. The highest BCUT2D eigenvalue weighted by Crippen LogP contribution is 2.28. The van der Waals surface area contributed by atoms with E-state index in [9.17, 15) is 13.2 Å². The third-order valence-corrected chi connectivity index (χ3v) is 1.80. The van der Waals surface area contributed by atoms with Crippen LogP contribution in [0.5, 0.6) is 0 Å². The zero-order chi connectivity index (χ0) is 11.0. The summed E-state index contributed by atoms with van der Waals surface area (Å²) in [5.41, 5.74) is 4.70. The summed E-state index contributed by atoms with van der Waals surface area (Å²) < 4.78 is 36.4. The third-order valence-electron chi connectivity index (χ3n) is 1.80. The van der Waals surface area contributed by atoms with Crippen LogP contribution in [0, 0.1) is 0 Å². The van der Waals surface area contributed by atoms with Gasteiger partial charge in [0.15, 0.2) is 0 Å². The minimum atomic E-state index is -4.39. The van der Waals surface area contributed by atoms with Gasteiger partial charge in [-0.15, -0.1) is 12.4 Å². The van der Waals surface area contributed by atoms with Gasteiger partial charge in [0, 0.05) is 11.7 Å². The lowest BCUT2D eigenvalue weighted by atomic mass is 9.97. The van der Waals surface area contributed by atoms with Crippen molar-refractivity contribution >= 4 is 12.4 Å². The van der Waals surface area contributed by atoms with Gasteiger partial charge in [-0.1, -0.05) is 6.07 Å². The summed E-state index contributed by atoms with van der Waals surface area (Å²) in [5, 5.41) is 0. The molecule has 2 N–H and O–H groups in total. The number of rotatable bonds is 1. The molecule has 2 nitrogen and oxygen atoms in total. The van der Waals surface area contributed by atoms with Crippen LogP contribution in [0.4, 0.5) is 13.2 Å². The maximum Gasteiger partial charge on any atom is 0.433 e. The fourth-order valence-corrected chi connectivity index (χ4v) is 0.943. The summed E-state index contributed by atoms with van der Waals surface area (Å²) in [6.07, 6.45) is -3.24. The van der Waals surface area contributed by atoms with Crippen LogP contribution in [0.1, 0.15) is 25.1 Å². The topological polar surface area (TPSA) is 38.9 Å². The Morgan fingerprint density at radius 2 is 1.73 bits per heavy atom. The number of nitrogens with two attached hydrogens (primary N) is 1. The second-order valence-electron chi connectivity index (χ2n) is 3.65. The van der Waals surface area contributed by atoms with Crippen molar-refractivity contribution < 1.29 is 13.2 Å². The summed E-state index contributed by atoms with van der Waals surface area (Å²) in [6.45, 7) is 3.41. The number of alkyl halides is 3. The molecule has 1 aromatic rings. The quantitative estimate of drug-likeness (QED) is 0.820. The first-order valence-electron chi connectivity index (χ1n) is 4.04. The predicted molar refractivity (Wildman–Crippen MR) is 53.7 cm³/mol. The van der Waals surface area contributed by atoms with E-state index in [2.05, 4.69) is 4.98 Å². The van der Waals surface area contributed by atoms with Gasteiger partial charge < -0.3 is 5.73 Å². The summed E-state index contributed by atoms with van der Waals surface area (Å²) in [7, 11) is 0. The Morgan fingerprint density at radius 1 is 1.20 bits per heavy atom. The molecule has 0 saturated carbocycles. The molecule has 0 aromatic carbocycles. The number of nitrogens with zero attached hydrogens (tertiary/aromatic N) is 1. The van der Waals surface area contributed by atoms with Gasteiger partial charge in [0.25, 0.3) is 0 Å². The van der Waals surface area contributed by atoms with Crippen molar-refractivity contribution in [1.29, 1.82) is 0 Å². The smallest absolute Gasteiger partial charge is 0.322 e. The molecule has 6 heteroatoms. The predicted octanol–water partition coefficient (Wildman–Crippen LogP) is 2.72. The molecule has 0 unspecified atom stereocenters. The Kier molecular flexibility index (Phi) is 4.13. The average molecular weight is 241 g/mol. The lowest BCUT2D eigenvalue weighted by Gasteiger charge is -2.18. The highest BCUT2D eigenvalue weighted by molar-refractivity contribution is 5.85. The first-order valence-corrected chi connectivity index (χ1v) is 4.04. The highest BCUT2D eigenvalue weighted by Gasteiger charge is 2.32. The van der Waals surface area contributed by atoms with E-state index < -0.39 is 17.4 Å². The van der Waals surface area contributed by atoms with Crippen molar-refractivity contribution in [2.24, 2.45) is 5.73 Å². The number of aromatic nitrogens is 1. The van der Waals surface area contributed by atoms with Crippen LogP contribution < -0.4 is 5.73 Å². The van der Waals surface area contributed by atoms with E-state index in [-0.39, 0.29) is 12.4 Å². The maximum atomic E-state index is 12.1. The molecule has 0 bridgehead atoms. The Bertz CT molecular complexity index is 281. The molecule has 0 amide bonds. The van der Waals surface area contributed by atoms with Gasteiger partial charge >= 0.3 is 6.18 Å². The standard InChI is InChI=1S/C9H11F3N2.ClH/c1-8(2,13)6-3-4-7(14-5-6)9(10,11)12;/h3-5H,13H2,1-2H3;1H. The van der Waals surface area contributed by atoms with E-state index in [4.69, 9.17) is 5.73 Å². The fourth-order valence-electron chi connectivity index (χ4n) is 0.943. The second kappa shape index (κ2) is 4.37. The molecule has 1 aromatic heterocycles. The average Bonchev–Trinajstić information content (AvgIpc) is 2.01. The Morgan fingerprint density at radius 3 is 2.00 bits per heavy atom. The molecule has 0 aliphatic carbocycles. The Hall–Kier alpha value is -0.810. The normalized spacial score (nSPS) is 12.1. The first kappa shape index (κ1) is 14.2. The second-order valence-corrected chi connectivity index (χ2v) is 3.65. The molecule has 0 aliphatic heterocycles. The lowest BCUT2D eigenvalue weighted by molar-refractivity contribution is -0.141. The SMILES string of the molecule is CC(C)(N)c1ccc(C(F)(F)F)nc1.Cl. The van der Waals surface area contributed by atoms with Crippen LogP contribution >= 0.6 is 12.4 Å². The molecular weight excluding hydrogens is 229 g/mol. The molecule has 0 fully saturated rings. The van der Waals surface area contributed by atoms with E-state index in [1.807, 2.05) is 0 Å². The molecule has 1 rings (SSSR count). The molecular formula is C9H12ClF3N2. The van der Waals surface area contributed by atoms with Crippen molar-refractivity contribution in [3.8, 4) is 0 Å². The van der Waals surface area contributed by atoms with E-state index in [0.717, 1.165) is 12.3 Å². The number of pyridine rings is 1. The first-order chi connectivity index (χ1) is 6.21. The monoisotopic (exact) mass is 240 g/mol. The molecule has 0 aliphatic rings. The zero-order valence-electron chi connectivity index (χ0n) is 8.30. The van der Waals surface area contributed by atoms with Gasteiger partial charge in [0.1, 0.15) is 5.69 Å². The fraction of sp³-hybridized carbons (Fsp3) is 0.444. The Labute approximate surface area is 92.1 Å². The van der Waals surface area contributed by atoms with E-state index >= 15 is 0 Å². The van der Waals surface area contributed by atoms with Gasteiger partial charge in [-0.2, -0.15) is 13.2 Å². The van der Waals surface area contributed by atoms with Crippen LogP contribution in [0.2, 0.25) is 0 Å². The van der Waals surface area contributed by atoms with Gasteiger partial charge in [0.2, 0.25) is 0 Å². The molecule has 15 heavy (non-hydrogen) atoms. The van der Waals surface area contributed by atoms with Crippen LogP contribution in [0.25, 0.3) is 0 Å². The maximum absolute atomic E-state index is 12.1. The van der Waals surface area contributed by atoms with E-state index in [1.54, 1.807) is 13.8 Å². The zero-order valence-corrected chi connectivity index (χ0v) is 9.12. The van der Waals surface area contributed by atoms with Gasteiger partial charge in [-0.05, 0) is 25.5 Å². The van der Waals surface area contributed by atoms with Gasteiger partial charge in [-0.3, -0.25) is 4.98 Å². The van der Waals surface area contributed by atoms with Crippen LogP contribution in [-0.2, 0) is 11.7 Å². The highest BCUT2D eigenvalue weighted by atomic mass is 35.5. The molecule has 0 atom stereocenters. The number of hydrogen-bond acceptors (Lipinski definition) is 2. The summed E-state index contributed by atoms with van der Waals surface area (Å²) in [5.74, 6) is 0. The van der Waals surface area contributed by atoms with Crippen LogP contribution in [0.3, 0.4) is 0 Å². The summed E-state index contributed by atoms with van der Waals surface area (Å²) in [4.78, 5) is 3.31. The molecule has 0 radical (unpaired) electrons. The van der Waals surface area contributed by atoms with Crippen LogP contribution in [-0.4, -0.2) is 4.98 Å². The summed E-state index contributed by atoms with van der Waals surface area (Å²) >= 11 is 0. The van der Waals surface area contributed by atoms with Crippen LogP contribution in [0.15, 0.2) is 18.3 Å². The van der Waals surface area contributed by atoms with Gasteiger partial charge in [-0.25, -0.2) is 0 Å². The van der Waals surface area contributed by atoms with Crippen molar-refractivity contribution in [1.82, 2.24) is 4.98 Å². The minimum absolute atomic E-state index is 0. The Balaban J connectivity index is 0.00000196. The number of halogens is 4. The minimum Gasteiger partial charge on any atom is -0.322 e. The third kappa shape index (κ3) is 3.68. The molecule has 1 heterocycles.